The van der Waals surface area contributed by atoms with E-state index < -0.39 is 23.2 Å². The summed E-state index contributed by atoms with van der Waals surface area (Å²) in [6.45, 7) is 7.82. The average Bonchev–Trinajstić information content (AvgIpc) is 2.26. The van der Waals surface area contributed by atoms with E-state index in [1.807, 2.05) is 0 Å². The summed E-state index contributed by atoms with van der Waals surface area (Å²) in [4.78, 5) is 24.7. The first kappa shape index (κ1) is 15.8. The Morgan fingerprint density at radius 2 is 1.89 bits per heavy atom. The van der Waals surface area contributed by atoms with E-state index >= 15 is 0 Å². The lowest BCUT2D eigenvalue weighted by atomic mass is 9.81. The first-order valence-electron chi connectivity index (χ1n) is 6.54. The molecule has 0 aromatic rings. The minimum Gasteiger partial charge on any atom is -0.480 e. The molecule has 1 aliphatic heterocycles. The Kier molecular flexibility index (Phi) is 4.45. The van der Waals surface area contributed by atoms with Crippen molar-refractivity contribution in [2.45, 2.75) is 51.7 Å². The Morgan fingerprint density at radius 1 is 1.32 bits per heavy atom. The molecule has 19 heavy (non-hydrogen) atoms. The number of ether oxygens (including phenoxy) is 1. The summed E-state index contributed by atoms with van der Waals surface area (Å²) < 4.78 is 5.30. The molecule has 1 aliphatic rings. The molecule has 0 aromatic heterocycles. The van der Waals surface area contributed by atoms with Crippen molar-refractivity contribution in [3.05, 3.63) is 0 Å². The Bertz CT molecular complexity index is 360. The minimum absolute atomic E-state index is 0.258. The molecule has 110 valence electrons. The maximum Gasteiger partial charge on any atom is 0.410 e. The smallest absolute Gasteiger partial charge is 0.410 e. The number of aliphatic carboxylic acids is 1. The van der Waals surface area contributed by atoms with Gasteiger partial charge in [-0.3, -0.25) is 4.79 Å². The largest absolute Gasteiger partial charge is 0.480 e. The predicted octanol–water partition coefficient (Wildman–Crippen LogP) is 1.44. The molecule has 0 saturated carbocycles. The summed E-state index contributed by atoms with van der Waals surface area (Å²) >= 11 is 0. The quantitative estimate of drug-likeness (QED) is 0.793. The number of carbonyl (C=O) groups is 2. The third-order valence-corrected chi connectivity index (χ3v) is 3.38. The van der Waals surface area contributed by atoms with Crippen LogP contribution in [-0.4, -0.2) is 46.3 Å². The number of amides is 1. The summed E-state index contributed by atoms with van der Waals surface area (Å²) in [5.41, 5.74) is 3.97. The van der Waals surface area contributed by atoms with Gasteiger partial charge in [0.1, 0.15) is 11.1 Å². The zero-order valence-electron chi connectivity index (χ0n) is 12.1. The molecule has 0 aliphatic carbocycles. The Balaban J connectivity index is 2.70. The molecule has 1 amide bonds. The van der Waals surface area contributed by atoms with E-state index in [9.17, 15) is 9.59 Å². The van der Waals surface area contributed by atoms with Gasteiger partial charge >= 0.3 is 12.1 Å². The summed E-state index contributed by atoms with van der Waals surface area (Å²) in [6.07, 6.45) is 1.04. The fourth-order valence-corrected chi connectivity index (χ4v) is 2.13. The van der Waals surface area contributed by atoms with E-state index in [0.717, 1.165) is 6.42 Å². The second-order valence-corrected chi connectivity index (χ2v) is 6.35. The number of carbonyl (C=O) groups excluding carboxylic acids is 1. The SMILES string of the molecule is CC(C)(C)OC(=O)N1CCCC(C(C)(N)C(=O)O)C1. The number of hydrogen-bond donors (Lipinski definition) is 2. The molecule has 6 heteroatoms. The summed E-state index contributed by atoms with van der Waals surface area (Å²) in [6, 6.07) is 0. The van der Waals surface area contributed by atoms with Gasteiger partial charge in [-0.25, -0.2) is 4.79 Å². The fourth-order valence-electron chi connectivity index (χ4n) is 2.13. The lowest BCUT2D eigenvalue weighted by Crippen LogP contribution is -2.57. The third-order valence-electron chi connectivity index (χ3n) is 3.38. The molecule has 0 aromatic carbocycles. The van der Waals surface area contributed by atoms with Crippen molar-refractivity contribution in [2.75, 3.05) is 13.1 Å². The van der Waals surface area contributed by atoms with Gasteiger partial charge in [-0.1, -0.05) is 0 Å². The van der Waals surface area contributed by atoms with E-state index in [2.05, 4.69) is 0 Å². The van der Waals surface area contributed by atoms with Crippen molar-refractivity contribution in [1.29, 1.82) is 0 Å². The van der Waals surface area contributed by atoms with Crippen molar-refractivity contribution in [2.24, 2.45) is 11.7 Å². The molecular weight excluding hydrogens is 248 g/mol. The Morgan fingerprint density at radius 3 is 2.37 bits per heavy atom. The number of likely N-dealkylation sites (tertiary alicyclic amines) is 1. The highest BCUT2D eigenvalue weighted by molar-refractivity contribution is 5.78. The van der Waals surface area contributed by atoms with E-state index in [0.29, 0.717) is 19.5 Å². The number of rotatable bonds is 2. The molecule has 3 N–H and O–H groups in total. The van der Waals surface area contributed by atoms with Crippen LogP contribution in [0, 0.1) is 5.92 Å². The first-order valence-corrected chi connectivity index (χ1v) is 6.54. The fraction of sp³-hybridized carbons (Fsp3) is 0.846. The van der Waals surface area contributed by atoms with Crippen LogP contribution < -0.4 is 5.73 Å². The maximum atomic E-state index is 12.0. The molecule has 1 rings (SSSR count). The number of hydrogen-bond acceptors (Lipinski definition) is 4. The van der Waals surface area contributed by atoms with E-state index in [4.69, 9.17) is 15.6 Å². The molecule has 2 unspecified atom stereocenters. The second-order valence-electron chi connectivity index (χ2n) is 6.35. The highest BCUT2D eigenvalue weighted by Crippen LogP contribution is 2.26. The number of carboxylic acid groups (broad SMARTS) is 1. The molecule has 0 spiro atoms. The topological polar surface area (TPSA) is 92.9 Å². The van der Waals surface area contributed by atoms with Crippen LogP contribution in [0.5, 0.6) is 0 Å². The first-order chi connectivity index (χ1) is 8.54. The molecule has 2 atom stereocenters. The van der Waals surface area contributed by atoms with Crippen LogP contribution in [0.1, 0.15) is 40.5 Å². The van der Waals surface area contributed by atoms with Crippen molar-refractivity contribution in [1.82, 2.24) is 4.90 Å². The van der Waals surface area contributed by atoms with Gasteiger partial charge in [-0.2, -0.15) is 0 Å². The Labute approximate surface area is 113 Å². The second kappa shape index (κ2) is 5.36. The summed E-state index contributed by atoms with van der Waals surface area (Å²) in [5, 5.41) is 9.15. The lowest BCUT2D eigenvalue weighted by Gasteiger charge is -2.39. The molecule has 0 radical (unpaired) electrons. The van der Waals surface area contributed by atoms with Gasteiger partial charge in [-0.05, 0) is 40.5 Å². The van der Waals surface area contributed by atoms with Gasteiger partial charge in [0.15, 0.2) is 0 Å². The van der Waals surface area contributed by atoms with E-state index in [-0.39, 0.29) is 5.92 Å². The Hall–Kier alpha value is -1.30. The molecular formula is C13H24N2O4. The van der Waals surface area contributed by atoms with Crippen LogP contribution in [0.2, 0.25) is 0 Å². The number of nitrogens with zero attached hydrogens (tertiary/aromatic N) is 1. The monoisotopic (exact) mass is 272 g/mol. The van der Waals surface area contributed by atoms with Gasteiger partial charge in [0.05, 0.1) is 0 Å². The van der Waals surface area contributed by atoms with Crippen molar-refractivity contribution in [3.63, 3.8) is 0 Å². The molecule has 1 fully saturated rings. The predicted molar refractivity (Wildman–Crippen MR) is 70.8 cm³/mol. The zero-order valence-corrected chi connectivity index (χ0v) is 12.1. The molecule has 1 heterocycles. The molecule has 1 saturated heterocycles. The zero-order chi connectivity index (χ0) is 14.8. The molecule has 0 bridgehead atoms. The standard InChI is InChI=1S/C13H24N2O4/c1-12(2,3)19-11(18)15-7-5-6-9(8-15)13(4,14)10(16)17/h9H,5-8,14H2,1-4H3,(H,16,17). The van der Waals surface area contributed by atoms with Crippen molar-refractivity contribution >= 4 is 12.1 Å². The van der Waals surface area contributed by atoms with Crippen LogP contribution in [0.3, 0.4) is 0 Å². The van der Waals surface area contributed by atoms with Gasteiger partial charge in [-0.15, -0.1) is 0 Å². The lowest BCUT2D eigenvalue weighted by molar-refractivity contribution is -0.145. The minimum atomic E-state index is -1.32. The molecule has 6 nitrogen and oxygen atoms in total. The van der Waals surface area contributed by atoms with Crippen molar-refractivity contribution in [3.8, 4) is 0 Å². The van der Waals surface area contributed by atoms with Crippen LogP contribution in [0.25, 0.3) is 0 Å². The third kappa shape index (κ3) is 4.09. The van der Waals surface area contributed by atoms with E-state index in [1.165, 1.54) is 6.92 Å². The van der Waals surface area contributed by atoms with Gasteiger partial charge in [0.25, 0.3) is 0 Å². The number of carboxylic acids is 1. The highest BCUT2D eigenvalue weighted by atomic mass is 16.6. The van der Waals surface area contributed by atoms with Crippen LogP contribution in [0.15, 0.2) is 0 Å². The summed E-state index contributed by atoms with van der Waals surface area (Å²) in [7, 11) is 0. The van der Waals surface area contributed by atoms with E-state index in [1.54, 1.807) is 25.7 Å². The number of piperidine rings is 1. The normalized spacial score (nSPS) is 23.6. The number of nitrogens with two attached hydrogens (primary N) is 1. The van der Waals surface area contributed by atoms with Crippen LogP contribution >= 0.6 is 0 Å². The van der Waals surface area contributed by atoms with Crippen molar-refractivity contribution < 1.29 is 19.4 Å². The van der Waals surface area contributed by atoms with Gasteiger partial charge < -0.3 is 20.5 Å². The van der Waals surface area contributed by atoms with Crippen LogP contribution in [-0.2, 0) is 9.53 Å². The van der Waals surface area contributed by atoms with Crippen LogP contribution in [0.4, 0.5) is 4.79 Å². The van der Waals surface area contributed by atoms with Gasteiger partial charge in [0.2, 0.25) is 0 Å². The van der Waals surface area contributed by atoms with Gasteiger partial charge in [0, 0.05) is 19.0 Å². The summed E-state index contributed by atoms with van der Waals surface area (Å²) in [5.74, 6) is -1.30. The highest BCUT2D eigenvalue weighted by Gasteiger charge is 2.41. The maximum absolute atomic E-state index is 12.0. The average molecular weight is 272 g/mol.